The number of benzene rings is 2. The van der Waals surface area contributed by atoms with Crippen molar-refractivity contribution in [3.8, 4) is 11.5 Å². The van der Waals surface area contributed by atoms with E-state index in [1.54, 1.807) is 0 Å². The van der Waals surface area contributed by atoms with E-state index in [1.807, 2.05) is 55.5 Å². The van der Waals surface area contributed by atoms with Crippen LogP contribution in [0.2, 0.25) is 0 Å². The van der Waals surface area contributed by atoms with Gasteiger partial charge < -0.3 is 19.6 Å². The summed E-state index contributed by atoms with van der Waals surface area (Å²) >= 11 is 0. The van der Waals surface area contributed by atoms with Crippen LogP contribution >= 0.6 is 0 Å². The molecular weight excluding hydrogens is 344 g/mol. The third-order valence-electron chi connectivity index (χ3n) is 4.70. The van der Waals surface area contributed by atoms with Crippen LogP contribution in [0.15, 0.2) is 53.7 Å². The molecule has 0 aromatic heterocycles. The van der Waals surface area contributed by atoms with Gasteiger partial charge in [0, 0.05) is 12.8 Å². The van der Waals surface area contributed by atoms with Crippen molar-refractivity contribution >= 4 is 11.6 Å². The minimum Gasteiger partial charge on any atom is -0.490 e. The fraction of sp³-hybridized carbons (Fsp3) is 0.333. The lowest BCUT2D eigenvalue weighted by Crippen LogP contribution is -2.36. The normalized spacial score (nSPS) is 19.4. The molecule has 0 fully saturated rings. The van der Waals surface area contributed by atoms with Crippen molar-refractivity contribution in [2.24, 2.45) is 5.16 Å². The van der Waals surface area contributed by atoms with Gasteiger partial charge in [0.1, 0.15) is 0 Å². The van der Waals surface area contributed by atoms with E-state index in [0.29, 0.717) is 19.6 Å². The highest BCUT2D eigenvalue weighted by molar-refractivity contribution is 6.04. The first-order valence-corrected chi connectivity index (χ1v) is 9.19. The molecule has 2 aromatic rings. The van der Waals surface area contributed by atoms with E-state index >= 15 is 0 Å². The van der Waals surface area contributed by atoms with Crippen LogP contribution in [0.4, 0.5) is 0 Å². The fourth-order valence-corrected chi connectivity index (χ4v) is 3.16. The van der Waals surface area contributed by atoms with Crippen LogP contribution in [0.5, 0.6) is 11.5 Å². The van der Waals surface area contributed by atoms with Crippen LogP contribution in [0, 0.1) is 0 Å². The van der Waals surface area contributed by atoms with Gasteiger partial charge in [0.05, 0.1) is 25.0 Å². The molecule has 4 rings (SSSR count). The predicted octanol–water partition coefficient (Wildman–Crippen LogP) is 3.22. The van der Waals surface area contributed by atoms with E-state index in [9.17, 15) is 4.79 Å². The minimum absolute atomic E-state index is 0.177. The molecular formula is C21H22N2O4. The van der Waals surface area contributed by atoms with E-state index in [2.05, 4.69) is 10.5 Å². The van der Waals surface area contributed by atoms with E-state index in [0.717, 1.165) is 34.8 Å². The molecule has 2 atom stereocenters. The molecule has 0 unspecified atom stereocenters. The monoisotopic (exact) mass is 366 g/mol. The maximum Gasteiger partial charge on any atom is 0.264 e. The number of amides is 1. The summed E-state index contributed by atoms with van der Waals surface area (Å²) in [6.45, 7) is 3.22. The molecule has 1 amide bonds. The first kappa shape index (κ1) is 17.4. The Balaban J connectivity index is 1.38. The second kappa shape index (κ2) is 7.70. The van der Waals surface area contributed by atoms with Crippen molar-refractivity contribution in [2.45, 2.75) is 31.9 Å². The topological polar surface area (TPSA) is 69.2 Å². The van der Waals surface area contributed by atoms with Gasteiger partial charge in [-0.2, -0.15) is 0 Å². The van der Waals surface area contributed by atoms with Gasteiger partial charge >= 0.3 is 0 Å². The van der Waals surface area contributed by atoms with Crippen LogP contribution in [-0.2, 0) is 9.63 Å². The molecule has 2 heterocycles. The lowest BCUT2D eigenvalue weighted by atomic mass is 10.0. The van der Waals surface area contributed by atoms with E-state index in [1.165, 1.54) is 0 Å². The summed E-state index contributed by atoms with van der Waals surface area (Å²) in [7, 11) is 0. The van der Waals surface area contributed by atoms with E-state index < -0.39 is 6.10 Å². The highest BCUT2D eigenvalue weighted by Gasteiger charge is 2.30. The van der Waals surface area contributed by atoms with Gasteiger partial charge in [0.15, 0.2) is 11.5 Å². The third kappa shape index (κ3) is 3.89. The molecule has 6 nitrogen and oxygen atoms in total. The number of hydrogen-bond donors (Lipinski definition) is 1. The summed E-state index contributed by atoms with van der Waals surface area (Å²) in [5.41, 5.74) is 2.72. The minimum atomic E-state index is -0.608. The maximum absolute atomic E-state index is 12.6. The summed E-state index contributed by atoms with van der Waals surface area (Å²) in [4.78, 5) is 17.9. The molecule has 2 aliphatic heterocycles. The molecule has 0 radical (unpaired) electrons. The van der Waals surface area contributed by atoms with Crippen molar-refractivity contribution in [3.63, 3.8) is 0 Å². The molecule has 1 N–H and O–H groups in total. The summed E-state index contributed by atoms with van der Waals surface area (Å²) in [6, 6.07) is 15.3. The maximum atomic E-state index is 12.6. The molecule has 6 heteroatoms. The number of carbonyl (C=O) groups is 1. The quantitative estimate of drug-likeness (QED) is 0.902. The molecule has 0 saturated heterocycles. The Kier molecular flexibility index (Phi) is 4.96. The number of carbonyl (C=O) groups excluding carboxylic acids is 1. The Morgan fingerprint density at radius 3 is 2.70 bits per heavy atom. The zero-order valence-corrected chi connectivity index (χ0v) is 15.2. The zero-order valence-electron chi connectivity index (χ0n) is 15.2. The predicted molar refractivity (Wildman–Crippen MR) is 101 cm³/mol. The number of nitrogens with zero attached hydrogens (tertiary/aromatic N) is 1. The van der Waals surface area contributed by atoms with Gasteiger partial charge in [-0.3, -0.25) is 4.79 Å². The Morgan fingerprint density at radius 1 is 1.11 bits per heavy atom. The van der Waals surface area contributed by atoms with Gasteiger partial charge in [-0.05, 0) is 30.2 Å². The smallest absolute Gasteiger partial charge is 0.264 e. The summed E-state index contributed by atoms with van der Waals surface area (Å²) < 4.78 is 11.4. The Morgan fingerprint density at radius 2 is 1.89 bits per heavy atom. The van der Waals surface area contributed by atoms with E-state index in [4.69, 9.17) is 14.3 Å². The van der Waals surface area contributed by atoms with Gasteiger partial charge in [0.25, 0.3) is 5.91 Å². The van der Waals surface area contributed by atoms with Crippen LogP contribution in [0.3, 0.4) is 0 Å². The zero-order chi connectivity index (χ0) is 18.6. The largest absolute Gasteiger partial charge is 0.490 e. The van der Waals surface area contributed by atoms with Crippen molar-refractivity contribution in [3.05, 3.63) is 59.7 Å². The molecule has 140 valence electrons. The number of nitrogens with one attached hydrogen (secondary N) is 1. The van der Waals surface area contributed by atoms with E-state index in [-0.39, 0.29) is 11.9 Å². The number of ether oxygens (including phenoxy) is 2. The van der Waals surface area contributed by atoms with Crippen molar-refractivity contribution < 1.29 is 19.1 Å². The second-order valence-electron chi connectivity index (χ2n) is 6.69. The first-order valence-electron chi connectivity index (χ1n) is 9.19. The van der Waals surface area contributed by atoms with Gasteiger partial charge in [-0.25, -0.2) is 0 Å². The average Bonchev–Trinajstić information content (AvgIpc) is 3.08. The molecule has 2 aliphatic rings. The Bertz CT molecular complexity index is 851. The molecule has 0 aliphatic carbocycles. The molecule has 27 heavy (non-hydrogen) atoms. The van der Waals surface area contributed by atoms with Crippen LogP contribution < -0.4 is 14.8 Å². The number of fused-ring (bicyclic) bond motifs is 1. The summed E-state index contributed by atoms with van der Waals surface area (Å²) in [5, 5.41) is 7.07. The lowest BCUT2D eigenvalue weighted by Gasteiger charge is -2.18. The average molecular weight is 366 g/mol. The third-order valence-corrected chi connectivity index (χ3v) is 4.70. The first-order chi connectivity index (χ1) is 13.2. The van der Waals surface area contributed by atoms with Crippen LogP contribution in [-0.4, -0.2) is 30.9 Å². The van der Waals surface area contributed by atoms with Crippen molar-refractivity contribution in [1.82, 2.24) is 5.32 Å². The molecule has 0 spiro atoms. The Labute approximate surface area is 158 Å². The fourth-order valence-electron chi connectivity index (χ4n) is 3.16. The number of hydrogen-bond acceptors (Lipinski definition) is 5. The number of oxime groups is 1. The lowest BCUT2D eigenvalue weighted by molar-refractivity contribution is -0.131. The van der Waals surface area contributed by atoms with Gasteiger partial charge in [-0.15, -0.1) is 0 Å². The van der Waals surface area contributed by atoms with Crippen molar-refractivity contribution in [1.29, 1.82) is 0 Å². The van der Waals surface area contributed by atoms with Crippen LogP contribution in [0.1, 0.15) is 36.9 Å². The van der Waals surface area contributed by atoms with Crippen LogP contribution in [0.25, 0.3) is 0 Å². The Hall–Kier alpha value is -3.02. The van der Waals surface area contributed by atoms with Gasteiger partial charge in [0.2, 0.25) is 6.10 Å². The highest BCUT2D eigenvalue weighted by atomic mass is 16.6. The van der Waals surface area contributed by atoms with Gasteiger partial charge in [-0.1, -0.05) is 41.6 Å². The molecule has 0 saturated carbocycles. The molecule has 2 aromatic carbocycles. The number of rotatable bonds is 4. The second-order valence-corrected chi connectivity index (χ2v) is 6.69. The SMILES string of the molecule is C[C@@H](NC(=O)[C@@H]1CC(c2ccccc2)=NO1)c1ccc2c(c1)OCCCO2. The highest BCUT2D eigenvalue weighted by Crippen LogP contribution is 2.32. The standard InChI is InChI=1S/C21H22N2O4/c1-14(16-8-9-18-19(12-16)26-11-5-10-25-18)22-21(24)20-13-17(23-27-20)15-6-3-2-4-7-15/h2-4,6-9,12,14,20H,5,10-11,13H2,1H3,(H,22,24)/t14-,20+/m1/s1. The summed E-state index contributed by atoms with van der Waals surface area (Å²) in [6.07, 6.45) is 0.714. The van der Waals surface area contributed by atoms with Crippen molar-refractivity contribution in [2.75, 3.05) is 13.2 Å². The molecule has 0 bridgehead atoms. The summed E-state index contributed by atoms with van der Waals surface area (Å²) in [5.74, 6) is 1.29.